The Morgan fingerprint density at radius 3 is 2.32 bits per heavy atom. The third-order valence-electron chi connectivity index (χ3n) is 5.13. The van der Waals surface area contributed by atoms with Crippen LogP contribution in [-0.2, 0) is 9.59 Å². The molecule has 1 aliphatic rings. The monoisotopic (exact) mass is 432 g/mol. The number of anilines is 2. The van der Waals surface area contributed by atoms with Crippen molar-refractivity contribution >= 4 is 23.2 Å². The molecular weight excluding hydrogens is 406 g/mol. The Labute approximate surface area is 180 Å². The van der Waals surface area contributed by atoms with E-state index in [1.807, 2.05) is 12.1 Å². The summed E-state index contributed by atoms with van der Waals surface area (Å²) < 4.78 is 31.3. The summed E-state index contributed by atoms with van der Waals surface area (Å²) in [4.78, 5) is 28.4. The Hall–Kier alpha value is -3.20. The van der Waals surface area contributed by atoms with Gasteiger partial charge in [-0.15, -0.1) is 0 Å². The van der Waals surface area contributed by atoms with Crippen LogP contribution in [0.2, 0.25) is 0 Å². The van der Waals surface area contributed by atoms with Gasteiger partial charge in [0.2, 0.25) is 0 Å². The van der Waals surface area contributed by atoms with Crippen LogP contribution in [0.4, 0.5) is 20.2 Å². The highest BCUT2D eigenvalue weighted by Gasteiger charge is 2.18. The predicted molar refractivity (Wildman–Crippen MR) is 114 cm³/mol. The molecule has 9 heteroatoms. The van der Waals surface area contributed by atoms with Crippen molar-refractivity contribution in [2.45, 2.75) is 6.42 Å². The fourth-order valence-electron chi connectivity index (χ4n) is 3.37. The van der Waals surface area contributed by atoms with Gasteiger partial charge in [-0.3, -0.25) is 14.5 Å². The van der Waals surface area contributed by atoms with Crippen molar-refractivity contribution in [1.82, 2.24) is 10.2 Å². The predicted octanol–water partition coefficient (Wildman–Crippen LogP) is 2.24. The van der Waals surface area contributed by atoms with Gasteiger partial charge in [0.05, 0.1) is 7.11 Å². The highest BCUT2D eigenvalue weighted by atomic mass is 19.2. The summed E-state index contributed by atoms with van der Waals surface area (Å²) in [6.45, 7) is 4.81. The van der Waals surface area contributed by atoms with Gasteiger partial charge < -0.3 is 20.3 Å². The number of nitrogens with one attached hydrogen (secondary N) is 2. The van der Waals surface area contributed by atoms with Crippen molar-refractivity contribution in [2.75, 3.05) is 56.6 Å². The van der Waals surface area contributed by atoms with E-state index < -0.39 is 23.4 Å². The zero-order valence-electron chi connectivity index (χ0n) is 17.4. The molecule has 0 radical (unpaired) electrons. The van der Waals surface area contributed by atoms with E-state index in [-0.39, 0.29) is 5.69 Å². The highest BCUT2D eigenvalue weighted by Crippen LogP contribution is 2.20. The van der Waals surface area contributed by atoms with Crippen LogP contribution in [0.15, 0.2) is 42.5 Å². The average molecular weight is 432 g/mol. The van der Waals surface area contributed by atoms with Crippen molar-refractivity contribution in [1.29, 1.82) is 0 Å². The van der Waals surface area contributed by atoms with Gasteiger partial charge in [0.1, 0.15) is 5.75 Å². The molecule has 3 rings (SSSR count). The van der Waals surface area contributed by atoms with Crippen molar-refractivity contribution in [3.05, 3.63) is 54.1 Å². The second kappa shape index (κ2) is 10.7. The number of nitrogens with zero attached hydrogens (tertiary/aromatic N) is 2. The zero-order valence-corrected chi connectivity index (χ0v) is 17.4. The Bertz CT molecular complexity index is 900. The van der Waals surface area contributed by atoms with Crippen molar-refractivity contribution in [3.8, 4) is 5.75 Å². The van der Waals surface area contributed by atoms with Crippen LogP contribution in [0, 0.1) is 11.6 Å². The molecule has 0 bridgehead atoms. The van der Waals surface area contributed by atoms with Crippen LogP contribution in [0.25, 0.3) is 0 Å². The molecule has 0 atom stereocenters. The van der Waals surface area contributed by atoms with Crippen LogP contribution in [0.3, 0.4) is 0 Å². The molecule has 0 aromatic heterocycles. The molecule has 1 heterocycles. The molecule has 2 aromatic carbocycles. The maximum absolute atomic E-state index is 13.2. The van der Waals surface area contributed by atoms with Gasteiger partial charge in [0.15, 0.2) is 11.6 Å². The topological polar surface area (TPSA) is 73.9 Å². The fraction of sp³-hybridized carbons (Fsp3) is 0.364. The summed E-state index contributed by atoms with van der Waals surface area (Å²) in [6.07, 6.45) is 0.701. The maximum atomic E-state index is 13.2. The molecule has 2 aromatic rings. The summed E-state index contributed by atoms with van der Waals surface area (Å²) >= 11 is 0. The lowest BCUT2D eigenvalue weighted by Crippen LogP contribution is -2.47. The molecule has 0 spiro atoms. The van der Waals surface area contributed by atoms with Gasteiger partial charge in [-0.2, -0.15) is 0 Å². The number of carbonyl (C=O) groups excluding carboxylic acids is 2. The second-order valence-electron chi connectivity index (χ2n) is 7.22. The summed E-state index contributed by atoms with van der Waals surface area (Å²) in [7, 11) is 1.65. The molecule has 1 saturated heterocycles. The van der Waals surface area contributed by atoms with E-state index in [1.165, 1.54) is 11.8 Å². The Morgan fingerprint density at radius 2 is 1.68 bits per heavy atom. The van der Waals surface area contributed by atoms with Crippen molar-refractivity contribution in [3.63, 3.8) is 0 Å². The smallest absolute Gasteiger partial charge is 0.313 e. The number of benzene rings is 2. The molecule has 166 valence electrons. The minimum Gasteiger partial charge on any atom is -0.497 e. The molecule has 2 N–H and O–H groups in total. The lowest BCUT2D eigenvalue weighted by molar-refractivity contribution is -0.136. The molecule has 31 heavy (non-hydrogen) atoms. The molecule has 0 unspecified atom stereocenters. The van der Waals surface area contributed by atoms with Crippen molar-refractivity contribution in [2.24, 2.45) is 0 Å². The number of ether oxygens (including phenoxy) is 1. The Balaban J connectivity index is 1.33. The average Bonchev–Trinajstić information content (AvgIpc) is 2.79. The summed E-state index contributed by atoms with van der Waals surface area (Å²) in [6, 6.07) is 10.9. The lowest BCUT2D eigenvalue weighted by Gasteiger charge is -2.36. The Morgan fingerprint density at radius 1 is 0.968 bits per heavy atom. The van der Waals surface area contributed by atoms with Gasteiger partial charge in [-0.1, -0.05) is 0 Å². The van der Waals surface area contributed by atoms with E-state index in [2.05, 4.69) is 32.6 Å². The number of rotatable bonds is 7. The van der Waals surface area contributed by atoms with E-state index in [4.69, 9.17) is 4.74 Å². The van der Waals surface area contributed by atoms with E-state index in [9.17, 15) is 18.4 Å². The standard InChI is InChI=1S/C22H26F2N4O3/c1-31-18-6-4-17(5-7-18)28-13-11-27(12-14-28)10-2-9-25-21(29)22(30)26-16-3-8-19(23)20(24)15-16/h3-8,15H,2,9-14H2,1H3,(H,25,29)(H,26,30). The van der Waals surface area contributed by atoms with E-state index >= 15 is 0 Å². The number of amides is 2. The van der Waals surface area contributed by atoms with E-state index in [1.54, 1.807) is 7.11 Å². The number of halogens is 2. The first-order valence-electron chi connectivity index (χ1n) is 10.1. The Kier molecular flexibility index (Phi) is 7.77. The van der Waals surface area contributed by atoms with E-state index in [0.717, 1.165) is 50.6 Å². The van der Waals surface area contributed by atoms with Crippen LogP contribution in [0.5, 0.6) is 5.75 Å². The summed E-state index contributed by atoms with van der Waals surface area (Å²) in [5.74, 6) is -3.01. The minimum atomic E-state index is -1.09. The third-order valence-corrected chi connectivity index (χ3v) is 5.13. The highest BCUT2D eigenvalue weighted by molar-refractivity contribution is 6.39. The van der Waals surface area contributed by atoms with Crippen LogP contribution < -0.4 is 20.3 Å². The molecule has 7 nitrogen and oxygen atoms in total. The first kappa shape index (κ1) is 22.5. The first-order chi connectivity index (χ1) is 15.0. The van der Waals surface area contributed by atoms with Crippen molar-refractivity contribution < 1.29 is 23.1 Å². The van der Waals surface area contributed by atoms with Crippen LogP contribution in [-0.4, -0.2) is 63.1 Å². The quantitative estimate of drug-likeness (QED) is 0.519. The van der Waals surface area contributed by atoms with Gasteiger partial charge in [0.25, 0.3) is 0 Å². The molecular formula is C22H26F2N4O3. The summed E-state index contributed by atoms with van der Waals surface area (Å²) in [5.41, 5.74) is 1.19. The van der Waals surface area contributed by atoms with E-state index in [0.29, 0.717) is 13.0 Å². The second-order valence-corrected chi connectivity index (χ2v) is 7.22. The third kappa shape index (κ3) is 6.39. The molecule has 1 aliphatic heterocycles. The van der Waals surface area contributed by atoms with Gasteiger partial charge in [-0.05, 0) is 49.4 Å². The van der Waals surface area contributed by atoms with Crippen LogP contribution in [0.1, 0.15) is 6.42 Å². The number of carbonyl (C=O) groups is 2. The normalized spacial score (nSPS) is 14.2. The SMILES string of the molecule is COc1ccc(N2CCN(CCCNC(=O)C(=O)Nc3ccc(F)c(F)c3)CC2)cc1. The number of piperazine rings is 1. The van der Waals surface area contributed by atoms with Gasteiger partial charge in [-0.25, -0.2) is 8.78 Å². The van der Waals surface area contributed by atoms with Gasteiger partial charge in [0, 0.05) is 50.2 Å². The first-order valence-corrected chi connectivity index (χ1v) is 10.1. The maximum Gasteiger partial charge on any atom is 0.313 e. The number of hydrogen-bond donors (Lipinski definition) is 2. The number of hydrogen-bond acceptors (Lipinski definition) is 5. The lowest BCUT2D eigenvalue weighted by atomic mass is 10.2. The minimum absolute atomic E-state index is 0.0220. The molecule has 0 saturated carbocycles. The zero-order chi connectivity index (χ0) is 22.2. The largest absolute Gasteiger partial charge is 0.497 e. The molecule has 0 aliphatic carbocycles. The fourth-order valence-corrected chi connectivity index (χ4v) is 3.37. The molecule has 2 amide bonds. The number of methoxy groups -OCH3 is 1. The molecule has 1 fully saturated rings. The van der Waals surface area contributed by atoms with Crippen LogP contribution >= 0.6 is 0 Å². The summed E-state index contributed by atoms with van der Waals surface area (Å²) in [5, 5.41) is 4.79. The van der Waals surface area contributed by atoms with Gasteiger partial charge >= 0.3 is 11.8 Å².